The summed E-state index contributed by atoms with van der Waals surface area (Å²) in [5.74, 6) is 0.507. The summed E-state index contributed by atoms with van der Waals surface area (Å²) >= 11 is 6.05. The van der Waals surface area contributed by atoms with E-state index >= 15 is 0 Å². The first-order chi connectivity index (χ1) is 15.0. The molecule has 7 heteroatoms. The molecule has 31 heavy (non-hydrogen) atoms. The molecule has 0 unspecified atom stereocenters. The molecule has 168 valence electrons. The minimum absolute atomic E-state index is 0.0193. The molecular weight excluding hydrogens is 412 g/mol. The van der Waals surface area contributed by atoms with Gasteiger partial charge in [-0.3, -0.25) is 14.5 Å². The summed E-state index contributed by atoms with van der Waals surface area (Å²) in [6.45, 7) is 6.48. The molecule has 0 saturated carbocycles. The minimum Gasteiger partial charge on any atom is -0.355 e. The van der Waals surface area contributed by atoms with Crippen LogP contribution in [0.3, 0.4) is 0 Å². The monoisotopic (exact) mass is 444 g/mol. The van der Waals surface area contributed by atoms with Gasteiger partial charge >= 0.3 is 0 Å². The molecule has 6 nitrogen and oxygen atoms in total. The average Bonchev–Trinajstić information content (AvgIpc) is 3.18. The number of aromatic amines is 1. The number of piperidine rings is 2. The fourth-order valence-electron chi connectivity index (χ4n) is 4.89. The highest BCUT2D eigenvalue weighted by Crippen LogP contribution is 2.24. The molecule has 3 heterocycles. The molecule has 2 fully saturated rings. The van der Waals surface area contributed by atoms with Gasteiger partial charge in [-0.05, 0) is 69.3 Å². The van der Waals surface area contributed by atoms with E-state index in [0.29, 0.717) is 42.2 Å². The van der Waals surface area contributed by atoms with Gasteiger partial charge < -0.3 is 15.2 Å². The van der Waals surface area contributed by atoms with E-state index in [1.54, 1.807) is 0 Å². The number of likely N-dealkylation sites (tertiary alicyclic amines) is 2. The zero-order valence-electron chi connectivity index (χ0n) is 18.3. The van der Waals surface area contributed by atoms with Crippen LogP contribution >= 0.6 is 11.6 Å². The van der Waals surface area contributed by atoms with E-state index in [-0.39, 0.29) is 11.8 Å². The number of carbonyl (C=O) groups is 2. The molecule has 0 aliphatic carbocycles. The highest BCUT2D eigenvalue weighted by atomic mass is 35.5. The quantitative estimate of drug-likeness (QED) is 0.706. The molecular formula is C24H33ClN4O2. The predicted molar refractivity (Wildman–Crippen MR) is 124 cm³/mol. The Labute approximate surface area is 189 Å². The number of nitrogens with one attached hydrogen (secondary N) is 2. The number of aromatic nitrogens is 1. The van der Waals surface area contributed by atoms with Gasteiger partial charge in [0.2, 0.25) is 5.91 Å². The Morgan fingerprint density at radius 2 is 1.94 bits per heavy atom. The summed E-state index contributed by atoms with van der Waals surface area (Å²) in [5.41, 5.74) is 1.51. The summed E-state index contributed by atoms with van der Waals surface area (Å²) in [4.78, 5) is 32.8. The van der Waals surface area contributed by atoms with Crippen molar-refractivity contribution in [2.45, 2.75) is 51.5 Å². The Morgan fingerprint density at radius 3 is 2.71 bits per heavy atom. The van der Waals surface area contributed by atoms with Gasteiger partial charge in [0.25, 0.3) is 5.91 Å². The maximum Gasteiger partial charge on any atom is 0.270 e. The smallest absolute Gasteiger partial charge is 0.270 e. The second-order valence-corrected chi connectivity index (χ2v) is 9.52. The lowest BCUT2D eigenvalue weighted by Crippen LogP contribution is -2.43. The molecule has 2 amide bonds. The number of rotatable bonds is 6. The summed E-state index contributed by atoms with van der Waals surface area (Å²) < 4.78 is 0. The van der Waals surface area contributed by atoms with Gasteiger partial charge in [-0.25, -0.2) is 0 Å². The van der Waals surface area contributed by atoms with Crippen LogP contribution in [0.5, 0.6) is 0 Å². The van der Waals surface area contributed by atoms with E-state index in [4.69, 9.17) is 11.6 Å². The van der Waals surface area contributed by atoms with Gasteiger partial charge in [0, 0.05) is 54.6 Å². The molecule has 2 aromatic rings. The highest BCUT2D eigenvalue weighted by Gasteiger charge is 2.26. The normalized spacial score (nSPS) is 20.8. The van der Waals surface area contributed by atoms with Crippen molar-refractivity contribution in [1.29, 1.82) is 0 Å². The molecule has 2 N–H and O–H groups in total. The number of amides is 2. The van der Waals surface area contributed by atoms with E-state index in [0.717, 1.165) is 43.4 Å². The molecule has 1 aromatic heterocycles. The third-order valence-corrected chi connectivity index (χ3v) is 7.09. The molecule has 2 aliphatic heterocycles. The van der Waals surface area contributed by atoms with Gasteiger partial charge in [-0.1, -0.05) is 18.0 Å². The first kappa shape index (κ1) is 22.2. The van der Waals surface area contributed by atoms with Crippen LogP contribution in [0.15, 0.2) is 24.3 Å². The van der Waals surface area contributed by atoms with Crippen molar-refractivity contribution < 1.29 is 9.59 Å². The molecule has 4 rings (SSSR count). The van der Waals surface area contributed by atoms with Crippen LogP contribution in [0.25, 0.3) is 10.9 Å². The first-order valence-electron chi connectivity index (χ1n) is 11.6. The molecule has 0 bridgehead atoms. The highest BCUT2D eigenvalue weighted by molar-refractivity contribution is 6.31. The fraction of sp³-hybridized carbons (Fsp3) is 0.583. The average molecular weight is 445 g/mol. The Balaban J connectivity index is 1.20. The van der Waals surface area contributed by atoms with E-state index in [2.05, 4.69) is 22.1 Å². The SMILES string of the molecule is C[C@@H]1CCCCN1CCNC(=O)CC1CCN(C(=O)c2cc3cc(Cl)ccc3[nH]2)CC1. The molecule has 1 aromatic carbocycles. The maximum atomic E-state index is 12.9. The second-order valence-electron chi connectivity index (χ2n) is 9.09. The topological polar surface area (TPSA) is 68.4 Å². The minimum atomic E-state index is 0.0193. The van der Waals surface area contributed by atoms with Crippen molar-refractivity contribution in [3.05, 3.63) is 35.0 Å². The zero-order valence-corrected chi connectivity index (χ0v) is 19.1. The van der Waals surface area contributed by atoms with Crippen LogP contribution in [-0.4, -0.2) is 65.4 Å². The van der Waals surface area contributed by atoms with Crippen LogP contribution in [0.1, 0.15) is 55.9 Å². The fourth-order valence-corrected chi connectivity index (χ4v) is 5.07. The van der Waals surface area contributed by atoms with Gasteiger partial charge in [0.1, 0.15) is 5.69 Å². The first-order valence-corrected chi connectivity index (χ1v) is 12.0. The Morgan fingerprint density at radius 1 is 1.13 bits per heavy atom. The lowest BCUT2D eigenvalue weighted by atomic mass is 9.93. The second kappa shape index (κ2) is 10.0. The Bertz CT molecular complexity index is 919. The van der Waals surface area contributed by atoms with Crippen molar-refractivity contribution >= 4 is 34.3 Å². The Hall–Kier alpha value is -2.05. The molecule has 2 aliphatic rings. The number of benzene rings is 1. The predicted octanol–water partition coefficient (Wildman–Crippen LogP) is 4.05. The van der Waals surface area contributed by atoms with E-state index in [1.807, 2.05) is 29.2 Å². The summed E-state index contributed by atoms with van der Waals surface area (Å²) in [7, 11) is 0. The molecule has 0 radical (unpaired) electrons. The number of hydrogen-bond donors (Lipinski definition) is 2. The molecule has 2 saturated heterocycles. The van der Waals surface area contributed by atoms with Gasteiger partial charge in [0.05, 0.1) is 0 Å². The zero-order chi connectivity index (χ0) is 21.8. The van der Waals surface area contributed by atoms with Crippen molar-refractivity contribution in [3.8, 4) is 0 Å². The van der Waals surface area contributed by atoms with Crippen LogP contribution in [-0.2, 0) is 4.79 Å². The van der Waals surface area contributed by atoms with Crippen molar-refractivity contribution in [1.82, 2.24) is 20.1 Å². The van der Waals surface area contributed by atoms with Crippen molar-refractivity contribution in [3.63, 3.8) is 0 Å². The summed E-state index contributed by atoms with van der Waals surface area (Å²) in [6.07, 6.45) is 6.14. The lowest BCUT2D eigenvalue weighted by Gasteiger charge is -2.33. The van der Waals surface area contributed by atoms with E-state index in [1.165, 1.54) is 19.3 Å². The largest absolute Gasteiger partial charge is 0.355 e. The van der Waals surface area contributed by atoms with E-state index < -0.39 is 0 Å². The van der Waals surface area contributed by atoms with Crippen LogP contribution in [0.2, 0.25) is 5.02 Å². The summed E-state index contributed by atoms with van der Waals surface area (Å²) in [6, 6.07) is 8.07. The Kier molecular flexibility index (Phi) is 7.18. The number of nitrogens with zero attached hydrogens (tertiary/aromatic N) is 2. The van der Waals surface area contributed by atoms with Gasteiger partial charge in [0.15, 0.2) is 0 Å². The third-order valence-electron chi connectivity index (χ3n) is 6.85. The van der Waals surface area contributed by atoms with Gasteiger partial charge in [-0.15, -0.1) is 0 Å². The van der Waals surface area contributed by atoms with E-state index in [9.17, 15) is 9.59 Å². The standard InChI is InChI=1S/C24H33ClN4O2/c1-17-4-2-3-10-28(17)13-9-26-23(30)14-18-7-11-29(12-8-18)24(31)22-16-19-15-20(25)5-6-21(19)27-22/h5-6,15-18,27H,2-4,7-14H2,1H3,(H,26,30)/t17-/m1/s1. The summed E-state index contributed by atoms with van der Waals surface area (Å²) in [5, 5.41) is 4.71. The van der Waals surface area contributed by atoms with Crippen LogP contribution in [0, 0.1) is 5.92 Å². The maximum absolute atomic E-state index is 12.9. The number of carbonyl (C=O) groups excluding carboxylic acids is 2. The lowest BCUT2D eigenvalue weighted by molar-refractivity contribution is -0.122. The number of halogens is 1. The van der Waals surface area contributed by atoms with Crippen LogP contribution < -0.4 is 5.32 Å². The number of hydrogen-bond acceptors (Lipinski definition) is 3. The van der Waals surface area contributed by atoms with Crippen molar-refractivity contribution in [2.75, 3.05) is 32.7 Å². The number of fused-ring (bicyclic) bond motifs is 1. The molecule has 1 atom stereocenters. The number of H-pyrrole nitrogens is 1. The van der Waals surface area contributed by atoms with Crippen molar-refractivity contribution in [2.24, 2.45) is 5.92 Å². The molecule has 0 spiro atoms. The third kappa shape index (κ3) is 5.60. The van der Waals surface area contributed by atoms with Gasteiger partial charge in [-0.2, -0.15) is 0 Å². The van der Waals surface area contributed by atoms with Crippen LogP contribution in [0.4, 0.5) is 0 Å².